The van der Waals surface area contributed by atoms with E-state index in [9.17, 15) is 10.2 Å². The summed E-state index contributed by atoms with van der Waals surface area (Å²) in [7, 11) is 0. The molecular formula is C9H17O2. The molecule has 0 rings (SSSR count). The molecule has 0 aliphatic heterocycles. The monoisotopic (exact) mass is 157 g/mol. The molecule has 65 valence electrons. The highest BCUT2D eigenvalue weighted by Crippen LogP contribution is 2.19. The summed E-state index contributed by atoms with van der Waals surface area (Å²) in [6, 6.07) is 0. The minimum atomic E-state index is -0.978. The Labute approximate surface area is 68.6 Å². The van der Waals surface area contributed by atoms with Crippen molar-refractivity contribution in [2.75, 3.05) is 0 Å². The van der Waals surface area contributed by atoms with E-state index in [0.717, 1.165) is 0 Å². The predicted molar refractivity (Wildman–Crippen MR) is 46.0 cm³/mol. The SMILES string of the molecule is [CH2]C=CCC(O)(CC)C(C)O. The van der Waals surface area contributed by atoms with Crippen LogP contribution >= 0.6 is 0 Å². The molecule has 0 heterocycles. The second-order valence-corrected chi connectivity index (χ2v) is 2.81. The van der Waals surface area contributed by atoms with Crippen molar-refractivity contribution >= 4 is 0 Å². The number of hydrogen-bond acceptors (Lipinski definition) is 2. The van der Waals surface area contributed by atoms with Gasteiger partial charge in [-0.3, -0.25) is 0 Å². The van der Waals surface area contributed by atoms with Gasteiger partial charge in [-0.25, -0.2) is 0 Å². The van der Waals surface area contributed by atoms with Crippen LogP contribution in [0.15, 0.2) is 12.2 Å². The van der Waals surface area contributed by atoms with E-state index < -0.39 is 11.7 Å². The summed E-state index contributed by atoms with van der Waals surface area (Å²) in [4.78, 5) is 0. The van der Waals surface area contributed by atoms with E-state index in [-0.39, 0.29) is 0 Å². The Morgan fingerprint density at radius 1 is 1.64 bits per heavy atom. The lowest BCUT2D eigenvalue weighted by Gasteiger charge is -2.28. The Hall–Kier alpha value is -0.340. The summed E-state index contributed by atoms with van der Waals surface area (Å²) in [6.45, 7) is 6.96. The van der Waals surface area contributed by atoms with Gasteiger partial charge in [-0.1, -0.05) is 19.1 Å². The van der Waals surface area contributed by atoms with Gasteiger partial charge in [0.2, 0.25) is 0 Å². The van der Waals surface area contributed by atoms with Gasteiger partial charge in [-0.2, -0.15) is 0 Å². The molecule has 11 heavy (non-hydrogen) atoms. The lowest BCUT2D eigenvalue weighted by atomic mass is 9.91. The van der Waals surface area contributed by atoms with Crippen LogP contribution in [0.4, 0.5) is 0 Å². The van der Waals surface area contributed by atoms with Gasteiger partial charge in [0, 0.05) is 0 Å². The number of allylic oxidation sites excluding steroid dienone is 1. The molecule has 0 aliphatic rings. The van der Waals surface area contributed by atoms with Crippen LogP contribution in [0.2, 0.25) is 0 Å². The second-order valence-electron chi connectivity index (χ2n) is 2.81. The van der Waals surface area contributed by atoms with Gasteiger partial charge in [-0.05, 0) is 26.7 Å². The van der Waals surface area contributed by atoms with E-state index in [4.69, 9.17) is 0 Å². The van der Waals surface area contributed by atoms with Gasteiger partial charge in [0.05, 0.1) is 11.7 Å². The molecule has 0 saturated heterocycles. The van der Waals surface area contributed by atoms with Gasteiger partial charge in [0.1, 0.15) is 0 Å². The molecule has 2 unspecified atom stereocenters. The summed E-state index contributed by atoms with van der Waals surface area (Å²) in [5, 5.41) is 18.9. The van der Waals surface area contributed by atoms with Crippen LogP contribution in [-0.4, -0.2) is 21.9 Å². The smallest absolute Gasteiger partial charge is 0.0934 e. The molecule has 0 aromatic heterocycles. The number of hydrogen-bond donors (Lipinski definition) is 2. The van der Waals surface area contributed by atoms with E-state index >= 15 is 0 Å². The van der Waals surface area contributed by atoms with Crippen molar-refractivity contribution in [3.63, 3.8) is 0 Å². The first kappa shape index (κ1) is 10.7. The topological polar surface area (TPSA) is 40.5 Å². The Kier molecular flexibility index (Phi) is 4.38. The fourth-order valence-corrected chi connectivity index (χ4v) is 0.898. The normalized spacial score (nSPS) is 20.1. The van der Waals surface area contributed by atoms with E-state index in [0.29, 0.717) is 12.8 Å². The van der Waals surface area contributed by atoms with Crippen molar-refractivity contribution in [3.8, 4) is 0 Å². The van der Waals surface area contributed by atoms with Crippen molar-refractivity contribution in [1.29, 1.82) is 0 Å². The number of aliphatic hydroxyl groups is 2. The highest BCUT2D eigenvalue weighted by Gasteiger charge is 2.28. The molecule has 0 aromatic carbocycles. The Morgan fingerprint density at radius 2 is 2.18 bits per heavy atom. The number of rotatable bonds is 4. The van der Waals surface area contributed by atoms with Crippen molar-refractivity contribution in [2.24, 2.45) is 0 Å². The highest BCUT2D eigenvalue weighted by molar-refractivity contribution is 4.94. The molecule has 1 radical (unpaired) electrons. The maximum Gasteiger partial charge on any atom is 0.0934 e. The standard InChI is InChI=1S/C9H17O2/c1-4-6-7-9(11,5-2)8(3)10/h4,6,8,10-11H,1,5,7H2,2-3H3. The van der Waals surface area contributed by atoms with E-state index in [1.807, 2.05) is 6.92 Å². The molecule has 0 saturated carbocycles. The van der Waals surface area contributed by atoms with Gasteiger partial charge < -0.3 is 10.2 Å². The Balaban J connectivity index is 4.10. The van der Waals surface area contributed by atoms with Gasteiger partial charge in [0.15, 0.2) is 0 Å². The first-order chi connectivity index (χ1) is 5.06. The molecule has 0 spiro atoms. The highest BCUT2D eigenvalue weighted by atomic mass is 16.3. The molecule has 0 aliphatic carbocycles. The fourth-order valence-electron chi connectivity index (χ4n) is 0.898. The summed E-state index contributed by atoms with van der Waals surface area (Å²) in [5.41, 5.74) is -0.978. The average Bonchev–Trinajstić information content (AvgIpc) is 2.00. The number of aliphatic hydroxyl groups excluding tert-OH is 1. The zero-order valence-corrected chi connectivity index (χ0v) is 7.25. The van der Waals surface area contributed by atoms with E-state index in [1.165, 1.54) is 0 Å². The van der Waals surface area contributed by atoms with Crippen LogP contribution in [0, 0.1) is 6.92 Å². The van der Waals surface area contributed by atoms with Gasteiger partial charge >= 0.3 is 0 Å². The molecule has 2 atom stereocenters. The minimum absolute atomic E-state index is 0.463. The average molecular weight is 157 g/mol. The van der Waals surface area contributed by atoms with Crippen molar-refractivity contribution in [1.82, 2.24) is 0 Å². The fraction of sp³-hybridized carbons (Fsp3) is 0.667. The molecule has 0 aromatic rings. The van der Waals surface area contributed by atoms with Gasteiger partial charge in [0.25, 0.3) is 0 Å². The molecule has 2 nitrogen and oxygen atoms in total. The molecule has 0 fully saturated rings. The second kappa shape index (κ2) is 4.52. The maximum absolute atomic E-state index is 9.70. The molecule has 0 amide bonds. The summed E-state index contributed by atoms with van der Waals surface area (Å²) < 4.78 is 0. The van der Waals surface area contributed by atoms with Crippen LogP contribution in [-0.2, 0) is 0 Å². The van der Waals surface area contributed by atoms with Crippen molar-refractivity contribution < 1.29 is 10.2 Å². The van der Waals surface area contributed by atoms with Crippen molar-refractivity contribution in [3.05, 3.63) is 19.1 Å². The van der Waals surface area contributed by atoms with Crippen molar-refractivity contribution in [2.45, 2.75) is 38.4 Å². The molecule has 0 bridgehead atoms. The third kappa shape index (κ3) is 3.04. The van der Waals surface area contributed by atoms with E-state index in [2.05, 4.69) is 6.92 Å². The predicted octanol–water partition coefficient (Wildman–Crippen LogP) is 1.29. The van der Waals surface area contributed by atoms with Crippen LogP contribution in [0.25, 0.3) is 0 Å². The zero-order chi connectivity index (χ0) is 8.91. The Bertz CT molecular complexity index is 130. The van der Waals surface area contributed by atoms with Crippen LogP contribution in [0.1, 0.15) is 26.7 Å². The quantitative estimate of drug-likeness (QED) is 0.645. The first-order valence-corrected chi connectivity index (χ1v) is 3.91. The first-order valence-electron chi connectivity index (χ1n) is 3.91. The summed E-state index contributed by atoms with van der Waals surface area (Å²) in [6.07, 6.45) is 3.71. The lowest BCUT2D eigenvalue weighted by molar-refractivity contribution is -0.0660. The lowest BCUT2D eigenvalue weighted by Crippen LogP contribution is -2.39. The van der Waals surface area contributed by atoms with Crippen LogP contribution < -0.4 is 0 Å². The molecule has 2 heteroatoms. The summed E-state index contributed by atoms with van der Waals surface area (Å²) in [5.74, 6) is 0. The zero-order valence-electron chi connectivity index (χ0n) is 7.25. The third-order valence-corrected chi connectivity index (χ3v) is 2.03. The minimum Gasteiger partial charge on any atom is -0.390 e. The van der Waals surface area contributed by atoms with Crippen LogP contribution in [0.5, 0.6) is 0 Å². The molecular weight excluding hydrogens is 140 g/mol. The van der Waals surface area contributed by atoms with Gasteiger partial charge in [-0.15, -0.1) is 0 Å². The largest absolute Gasteiger partial charge is 0.390 e. The molecule has 2 N–H and O–H groups in total. The van der Waals surface area contributed by atoms with Crippen LogP contribution in [0.3, 0.4) is 0 Å². The maximum atomic E-state index is 9.70. The summed E-state index contributed by atoms with van der Waals surface area (Å²) >= 11 is 0. The third-order valence-electron chi connectivity index (χ3n) is 2.03. The Morgan fingerprint density at radius 3 is 2.45 bits per heavy atom. The van der Waals surface area contributed by atoms with E-state index in [1.54, 1.807) is 19.1 Å².